The quantitative estimate of drug-likeness (QED) is 0.317. The standard InChI is InChI=1S/C11H21N5O3/c1-11(2,3)19-10(18)15-8(9(12)17)6-4-5-7-14-16-13/h8H,4-7H2,1-3H3,(H2,12,17)(H,15,18)/t8-/m1/s1. The SMILES string of the molecule is CC(C)(C)OC(=O)N[C@H](CCCCN=[N+]=[N-])C(N)=O. The summed E-state index contributed by atoms with van der Waals surface area (Å²) in [6, 6.07) is -0.777. The number of nitrogens with zero attached hydrogens (tertiary/aromatic N) is 3. The van der Waals surface area contributed by atoms with Gasteiger partial charge in [-0.1, -0.05) is 11.5 Å². The van der Waals surface area contributed by atoms with Gasteiger partial charge in [0.15, 0.2) is 0 Å². The van der Waals surface area contributed by atoms with E-state index in [1.165, 1.54) is 0 Å². The molecule has 0 aliphatic carbocycles. The molecule has 0 fully saturated rings. The van der Waals surface area contributed by atoms with Gasteiger partial charge in [-0.2, -0.15) is 0 Å². The topological polar surface area (TPSA) is 130 Å². The lowest BCUT2D eigenvalue weighted by atomic mass is 10.1. The van der Waals surface area contributed by atoms with Gasteiger partial charge in [0.25, 0.3) is 0 Å². The van der Waals surface area contributed by atoms with Crippen molar-refractivity contribution in [1.29, 1.82) is 0 Å². The molecule has 8 heteroatoms. The number of nitrogens with one attached hydrogen (secondary N) is 1. The molecule has 0 radical (unpaired) electrons. The van der Waals surface area contributed by atoms with Crippen LogP contribution in [0, 0.1) is 0 Å². The van der Waals surface area contributed by atoms with Crippen molar-refractivity contribution in [3.05, 3.63) is 10.4 Å². The summed E-state index contributed by atoms with van der Waals surface area (Å²) in [4.78, 5) is 25.3. The lowest BCUT2D eigenvalue weighted by Gasteiger charge is -2.22. The molecule has 0 bridgehead atoms. The molecule has 0 rings (SSSR count). The van der Waals surface area contributed by atoms with E-state index < -0.39 is 23.6 Å². The lowest BCUT2D eigenvalue weighted by molar-refractivity contribution is -0.120. The lowest BCUT2D eigenvalue weighted by Crippen LogP contribution is -2.46. The molecular formula is C11H21N5O3. The monoisotopic (exact) mass is 271 g/mol. The average molecular weight is 271 g/mol. The van der Waals surface area contributed by atoms with Crippen molar-refractivity contribution in [3.63, 3.8) is 0 Å². The fraction of sp³-hybridized carbons (Fsp3) is 0.818. The maximum absolute atomic E-state index is 11.5. The first-order valence-corrected chi connectivity index (χ1v) is 6.06. The summed E-state index contributed by atoms with van der Waals surface area (Å²) in [5.41, 5.74) is 12.7. The maximum atomic E-state index is 11.5. The Labute approximate surface area is 112 Å². The van der Waals surface area contributed by atoms with Crippen molar-refractivity contribution in [2.45, 2.75) is 51.7 Å². The van der Waals surface area contributed by atoms with Crippen LogP contribution in [-0.2, 0) is 9.53 Å². The average Bonchev–Trinajstić information content (AvgIpc) is 2.24. The fourth-order valence-electron chi connectivity index (χ4n) is 1.31. The van der Waals surface area contributed by atoms with Crippen LogP contribution < -0.4 is 11.1 Å². The predicted octanol–water partition coefficient (Wildman–Crippen LogP) is 1.85. The van der Waals surface area contributed by atoms with Gasteiger partial charge in [0.1, 0.15) is 11.6 Å². The van der Waals surface area contributed by atoms with Crippen molar-refractivity contribution >= 4 is 12.0 Å². The Bertz CT molecular complexity index is 358. The summed E-state index contributed by atoms with van der Waals surface area (Å²) >= 11 is 0. The van der Waals surface area contributed by atoms with Crippen molar-refractivity contribution in [3.8, 4) is 0 Å². The van der Waals surface area contributed by atoms with Gasteiger partial charge in [0.2, 0.25) is 5.91 Å². The molecule has 0 aromatic rings. The largest absolute Gasteiger partial charge is 0.444 e. The Kier molecular flexibility index (Phi) is 7.36. The van der Waals surface area contributed by atoms with E-state index in [1.807, 2.05) is 0 Å². The summed E-state index contributed by atoms with van der Waals surface area (Å²) in [5, 5.41) is 5.80. The van der Waals surface area contributed by atoms with Crippen molar-refractivity contribution in [1.82, 2.24) is 5.32 Å². The minimum absolute atomic E-state index is 0.356. The molecule has 1 atom stereocenters. The number of carbonyl (C=O) groups is 2. The van der Waals surface area contributed by atoms with Crippen LogP contribution in [0.2, 0.25) is 0 Å². The Morgan fingerprint density at radius 2 is 2.05 bits per heavy atom. The third-order valence-electron chi connectivity index (χ3n) is 2.10. The number of hydrogen-bond donors (Lipinski definition) is 2. The number of primary amides is 1. The number of amides is 2. The Balaban J connectivity index is 4.15. The highest BCUT2D eigenvalue weighted by Crippen LogP contribution is 2.08. The molecule has 2 amide bonds. The van der Waals surface area contributed by atoms with Crippen LogP contribution in [0.5, 0.6) is 0 Å². The zero-order valence-corrected chi connectivity index (χ0v) is 11.5. The molecule has 108 valence electrons. The number of rotatable bonds is 7. The number of alkyl carbamates (subject to hydrolysis) is 1. The summed E-state index contributed by atoms with van der Waals surface area (Å²) < 4.78 is 5.04. The van der Waals surface area contributed by atoms with E-state index >= 15 is 0 Å². The molecule has 8 nitrogen and oxygen atoms in total. The van der Waals surface area contributed by atoms with E-state index in [1.54, 1.807) is 20.8 Å². The van der Waals surface area contributed by atoms with Gasteiger partial charge in [-0.25, -0.2) is 4.79 Å². The second-order valence-electron chi connectivity index (χ2n) is 5.05. The molecule has 0 spiro atoms. The van der Waals surface area contributed by atoms with Gasteiger partial charge in [-0.05, 0) is 39.1 Å². The van der Waals surface area contributed by atoms with Crippen LogP contribution >= 0.6 is 0 Å². The zero-order valence-electron chi connectivity index (χ0n) is 11.5. The second kappa shape index (κ2) is 8.20. The Hall–Kier alpha value is -1.95. The molecule has 3 N–H and O–H groups in total. The number of azide groups is 1. The zero-order chi connectivity index (χ0) is 14.9. The number of nitrogens with two attached hydrogens (primary N) is 1. The highest BCUT2D eigenvalue weighted by atomic mass is 16.6. The van der Waals surface area contributed by atoms with E-state index in [0.717, 1.165) is 0 Å². The first-order chi connectivity index (χ1) is 8.76. The van der Waals surface area contributed by atoms with E-state index in [0.29, 0.717) is 25.8 Å². The molecule has 0 aliphatic heterocycles. The summed E-state index contributed by atoms with van der Waals surface area (Å²) in [6.07, 6.45) is 0.952. The van der Waals surface area contributed by atoms with Gasteiger partial charge in [-0.15, -0.1) is 0 Å². The molecule has 19 heavy (non-hydrogen) atoms. The van der Waals surface area contributed by atoms with E-state index in [4.69, 9.17) is 16.0 Å². The van der Waals surface area contributed by atoms with Crippen LogP contribution in [0.15, 0.2) is 5.11 Å². The molecule has 0 saturated carbocycles. The third-order valence-corrected chi connectivity index (χ3v) is 2.10. The number of hydrogen-bond acceptors (Lipinski definition) is 4. The first-order valence-electron chi connectivity index (χ1n) is 6.06. The van der Waals surface area contributed by atoms with Gasteiger partial charge >= 0.3 is 6.09 Å². The van der Waals surface area contributed by atoms with Gasteiger partial charge in [0, 0.05) is 11.5 Å². The Morgan fingerprint density at radius 3 is 2.53 bits per heavy atom. The van der Waals surface area contributed by atoms with Crippen molar-refractivity contribution < 1.29 is 14.3 Å². The van der Waals surface area contributed by atoms with Crippen LogP contribution in [0.4, 0.5) is 4.79 Å². The fourth-order valence-corrected chi connectivity index (χ4v) is 1.31. The van der Waals surface area contributed by atoms with Gasteiger partial charge in [0.05, 0.1) is 0 Å². The van der Waals surface area contributed by atoms with Crippen molar-refractivity contribution in [2.75, 3.05) is 6.54 Å². The van der Waals surface area contributed by atoms with Crippen LogP contribution in [-0.4, -0.2) is 30.2 Å². The van der Waals surface area contributed by atoms with Crippen LogP contribution in [0.3, 0.4) is 0 Å². The number of carbonyl (C=O) groups excluding carboxylic acids is 2. The molecule has 0 aromatic carbocycles. The summed E-state index contributed by atoms with van der Waals surface area (Å²) in [5.74, 6) is -0.616. The van der Waals surface area contributed by atoms with E-state index in [-0.39, 0.29) is 0 Å². The molecular weight excluding hydrogens is 250 g/mol. The van der Waals surface area contributed by atoms with E-state index in [2.05, 4.69) is 15.3 Å². The third kappa shape index (κ3) is 9.72. The first kappa shape index (κ1) is 17.1. The number of ether oxygens (including phenoxy) is 1. The minimum Gasteiger partial charge on any atom is -0.444 e. The summed E-state index contributed by atoms with van der Waals surface area (Å²) in [7, 11) is 0. The normalized spacial score (nSPS) is 12.2. The molecule has 0 unspecified atom stereocenters. The summed E-state index contributed by atoms with van der Waals surface area (Å²) in [6.45, 7) is 5.54. The van der Waals surface area contributed by atoms with Gasteiger partial charge < -0.3 is 15.8 Å². The van der Waals surface area contributed by atoms with Gasteiger partial charge in [-0.3, -0.25) is 4.79 Å². The molecule has 0 aromatic heterocycles. The Morgan fingerprint density at radius 1 is 1.42 bits per heavy atom. The predicted molar refractivity (Wildman–Crippen MR) is 70.2 cm³/mol. The molecule has 0 saturated heterocycles. The smallest absolute Gasteiger partial charge is 0.408 e. The molecule has 0 heterocycles. The highest BCUT2D eigenvalue weighted by Gasteiger charge is 2.22. The van der Waals surface area contributed by atoms with Crippen LogP contribution in [0.1, 0.15) is 40.0 Å². The van der Waals surface area contributed by atoms with E-state index in [9.17, 15) is 9.59 Å². The minimum atomic E-state index is -0.777. The molecule has 0 aliphatic rings. The second-order valence-corrected chi connectivity index (χ2v) is 5.05. The van der Waals surface area contributed by atoms with Crippen molar-refractivity contribution in [2.24, 2.45) is 10.8 Å². The maximum Gasteiger partial charge on any atom is 0.408 e. The van der Waals surface area contributed by atoms with Crippen LogP contribution in [0.25, 0.3) is 10.4 Å². The highest BCUT2D eigenvalue weighted by molar-refractivity contribution is 5.84. The number of unbranched alkanes of at least 4 members (excludes halogenated alkanes) is 1.